The minimum Gasteiger partial charge on any atom is -0.463 e. The summed E-state index contributed by atoms with van der Waals surface area (Å²) in [6.45, 7) is 4.37. The van der Waals surface area contributed by atoms with Crippen molar-refractivity contribution in [1.29, 1.82) is 0 Å². The van der Waals surface area contributed by atoms with Crippen LogP contribution in [0.15, 0.2) is 0 Å². The topological polar surface area (TPSA) is 124 Å². The Labute approximate surface area is 144 Å². The molecule has 1 fully saturated rings. The van der Waals surface area contributed by atoms with Gasteiger partial charge in [-0.25, -0.2) is 0 Å². The molecule has 5 atom stereocenters. The van der Waals surface area contributed by atoms with Gasteiger partial charge < -0.3 is 28.4 Å². The molecule has 0 aromatic carbocycles. The van der Waals surface area contributed by atoms with Gasteiger partial charge in [-0.1, -0.05) is 0 Å². The zero-order valence-electron chi connectivity index (χ0n) is 14.7. The van der Waals surface area contributed by atoms with E-state index in [9.17, 15) is 19.2 Å². The lowest BCUT2D eigenvalue weighted by Crippen LogP contribution is -2.62. The van der Waals surface area contributed by atoms with Gasteiger partial charge in [0.25, 0.3) is 0 Å². The Bertz CT molecular complexity index is 516. The molecule has 1 aliphatic rings. The van der Waals surface area contributed by atoms with Gasteiger partial charge in [0.15, 0.2) is 24.6 Å². The van der Waals surface area contributed by atoms with Gasteiger partial charge in [0.05, 0.1) is 0 Å². The normalized spacial score (nSPS) is 28.6. The summed E-state index contributed by atoms with van der Waals surface area (Å²) >= 11 is 0. The largest absolute Gasteiger partial charge is 0.463 e. The van der Waals surface area contributed by atoms with E-state index >= 15 is 0 Å². The molecule has 3 unspecified atom stereocenters. The molecule has 0 radical (unpaired) electrons. The molecule has 0 aromatic heterocycles. The van der Waals surface area contributed by atoms with Crippen LogP contribution in [0.25, 0.3) is 0 Å². The molecule has 0 aromatic rings. The SMILES string of the molecule is COC1OC(COC(C)=O)[C@@H](OC(C)=O)C(OC(C)=O)[C@H]1OC(C)=O. The third kappa shape index (κ3) is 6.31. The quantitative estimate of drug-likeness (QED) is 0.460. The summed E-state index contributed by atoms with van der Waals surface area (Å²) in [7, 11) is 1.29. The van der Waals surface area contributed by atoms with Crippen molar-refractivity contribution in [1.82, 2.24) is 0 Å². The van der Waals surface area contributed by atoms with Crippen molar-refractivity contribution in [3.05, 3.63) is 0 Å². The Kier molecular flexibility index (Phi) is 7.78. The molecule has 0 amide bonds. The molecule has 1 heterocycles. The average Bonchev–Trinajstić information content (AvgIpc) is 2.48. The van der Waals surface area contributed by atoms with Gasteiger partial charge in [-0.15, -0.1) is 0 Å². The molecule has 1 aliphatic heterocycles. The first kappa shape index (κ1) is 20.8. The summed E-state index contributed by atoms with van der Waals surface area (Å²) in [6.07, 6.45) is -5.67. The average molecular weight is 362 g/mol. The standard InChI is InChI=1S/C15H22O10/c1-7(16)21-6-11-12(22-8(2)17)13(23-9(3)18)14(24-10(4)19)15(20-5)25-11/h11-15H,6H2,1-5H3/t11?,12-,13?,14-,15?/m1/s1. The molecule has 0 bridgehead atoms. The highest BCUT2D eigenvalue weighted by atomic mass is 16.7. The second-order valence-corrected chi connectivity index (χ2v) is 5.30. The molecule has 25 heavy (non-hydrogen) atoms. The minimum atomic E-state index is -1.20. The fourth-order valence-corrected chi connectivity index (χ4v) is 2.38. The van der Waals surface area contributed by atoms with Gasteiger partial charge in [0.2, 0.25) is 0 Å². The van der Waals surface area contributed by atoms with Crippen molar-refractivity contribution < 1.29 is 47.6 Å². The summed E-state index contributed by atoms with van der Waals surface area (Å²) in [5.41, 5.74) is 0. The maximum Gasteiger partial charge on any atom is 0.303 e. The first-order valence-electron chi connectivity index (χ1n) is 7.49. The number of carbonyl (C=O) groups excluding carboxylic acids is 4. The minimum absolute atomic E-state index is 0.280. The van der Waals surface area contributed by atoms with Crippen LogP contribution in [0.5, 0.6) is 0 Å². The number of rotatable bonds is 6. The summed E-state index contributed by atoms with van der Waals surface area (Å²) in [4.78, 5) is 45.4. The molecule has 0 saturated carbocycles. The number of hydrogen-bond donors (Lipinski definition) is 0. The predicted octanol–water partition coefficient (Wildman–Crippen LogP) is -0.284. The molecular weight excluding hydrogens is 340 g/mol. The molecule has 0 spiro atoms. The lowest BCUT2D eigenvalue weighted by Gasteiger charge is -2.43. The van der Waals surface area contributed by atoms with Crippen molar-refractivity contribution in [2.45, 2.75) is 58.4 Å². The van der Waals surface area contributed by atoms with Crippen LogP contribution in [0.1, 0.15) is 27.7 Å². The summed E-state index contributed by atoms with van der Waals surface area (Å²) in [5, 5.41) is 0. The number of methoxy groups -OCH3 is 1. The van der Waals surface area contributed by atoms with E-state index in [-0.39, 0.29) is 6.61 Å². The van der Waals surface area contributed by atoms with Crippen LogP contribution >= 0.6 is 0 Å². The van der Waals surface area contributed by atoms with Crippen LogP contribution in [-0.2, 0) is 47.6 Å². The number of carbonyl (C=O) groups is 4. The van der Waals surface area contributed by atoms with E-state index < -0.39 is 54.6 Å². The Morgan fingerprint density at radius 3 is 1.68 bits per heavy atom. The van der Waals surface area contributed by atoms with Crippen LogP contribution < -0.4 is 0 Å². The van der Waals surface area contributed by atoms with Crippen LogP contribution in [0, 0.1) is 0 Å². The Morgan fingerprint density at radius 1 is 0.760 bits per heavy atom. The fraction of sp³-hybridized carbons (Fsp3) is 0.733. The van der Waals surface area contributed by atoms with Gasteiger partial charge in [0, 0.05) is 34.8 Å². The number of hydrogen-bond acceptors (Lipinski definition) is 10. The van der Waals surface area contributed by atoms with E-state index in [4.69, 9.17) is 28.4 Å². The van der Waals surface area contributed by atoms with Gasteiger partial charge in [0.1, 0.15) is 12.7 Å². The van der Waals surface area contributed by atoms with Crippen molar-refractivity contribution in [2.24, 2.45) is 0 Å². The van der Waals surface area contributed by atoms with E-state index in [1.165, 1.54) is 14.0 Å². The molecule has 1 rings (SSSR count). The van der Waals surface area contributed by atoms with Crippen LogP contribution in [0.3, 0.4) is 0 Å². The van der Waals surface area contributed by atoms with E-state index in [1.807, 2.05) is 0 Å². The van der Waals surface area contributed by atoms with Crippen molar-refractivity contribution in [2.75, 3.05) is 13.7 Å². The van der Waals surface area contributed by atoms with Gasteiger partial charge >= 0.3 is 23.9 Å². The second-order valence-electron chi connectivity index (χ2n) is 5.30. The second kappa shape index (κ2) is 9.33. The molecule has 10 nitrogen and oxygen atoms in total. The third-order valence-corrected chi connectivity index (χ3v) is 3.18. The zero-order valence-corrected chi connectivity index (χ0v) is 14.7. The maximum atomic E-state index is 11.5. The molecule has 10 heteroatoms. The summed E-state index contributed by atoms with van der Waals surface area (Å²) in [5.74, 6) is -2.63. The molecule has 1 saturated heterocycles. The third-order valence-electron chi connectivity index (χ3n) is 3.18. The van der Waals surface area contributed by atoms with E-state index in [0.717, 1.165) is 20.8 Å². The Morgan fingerprint density at radius 2 is 1.24 bits per heavy atom. The van der Waals surface area contributed by atoms with Gasteiger partial charge in [-0.3, -0.25) is 19.2 Å². The fourth-order valence-electron chi connectivity index (χ4n) is 2.38. The Hall–Kier alpha value is -2.20. The van der Waals surface area contributed by atoms with Crippen molar-refractivity contribution in [3.63, 3.8) is 0 Å². The Balaban J connectivity index is 3.18. The molecular formula is C15H22O10. The molecule has 0 aliphatic carbocycles. The smallest absolute Gasteiger partial charge is 0.303 e. The maximum absolute atomic E-state index is 11.5. The van der Waals surface area contributed by atoms with Crippen LogP contribution in [0.4, 0.5) is 0 Å². The lowest BCUT2D eigenvalue weighted by molar-refractivity contribution is -0.302. The lowest BCUT2D eigenvalue weighted by atomic mass is 9.98. The van der Waals surface area contributed by atoms with Crippen LogP contribution in [0.2, 0.25) is 0 Å². The van der Waals surface area contributed by atoms with Gasteiger partial charge in [-0.05, 0) is 0 Å². The van der Waals surface area contributed by atoms with Crippen molar-refractivity contribution in [3.8, 4) is 0 Å². The highest BCUT2D eigenvalue weighted by Gasteiger charge is 2.52. The summed E-state index contributed by atoms with van der Waals surface area (Å²) < 4.78 is 31.1. The van der Waals surface area contributed by atoms with E-state index in [0.29, 0.717) is 0 Å². The highest BCUT2D eigenvalue weighted by Crippen LogP contribution is 2.29. The number of ether oxygens (including phenoxy) is 6. The summed E-state index contributed by atoms with van der Waals surface area (Å²) in [6, 6.07) is 0. The first-order chi connectivity index (χ1) is 11.6. The van der Waals surface area contributed by atoms with E-state index in [2.05, 4.69) is 0 Å². The highest BCUT2D eigenvalue weighted by molar-refractivity contribution is 5.68. The predicted molar refractivity (Wildman–Crippen MR) is 79.0 cm³/mol. The monoisotopic (exact) mass is 362 g/mol. The van der Waals surface area contributed by atoms with E-state index in [1.54, 1.807) is 0 Å². The number of esters is 4. The molecule has 0 N–H and O–H groups in total. The van der Waals surface area contributed by atoms with Crippen LogP contribution in [-0.4, -0.2) is 68.3 Å². The molecule has 142 valence electrons. The zero-order chi connectivity index (χ0) is 19.1. The van der Waals surface area contributed by atoms with Crippen molar-refractivity contribution >= 4 is 23.9 Å². The first-order valence-corrected chi connectivity index (χ1v) is 7.49. The van der Waals surface area contributed by atoms with Gasteiger partial charge in [-0.2, -0.15) is 0 Å².